The van der Waals surface area contributed by atoms with Crippen molar-refractivity contribution in [3.05, 3.63) is 0 Å². The fourth-order valence-electron chi connectivity index (χ4n) is 2.53. The number of nitrogens with one attached hydrogen (secondary N) is 2. The second-order valence-electron chi connectivity index (χ2n) is 10.0. The second-order valence-corrected chi connectivity index (χ2v) is 10.0. The van der Waals surface area contributed by atoms with Crippen LogP contribution < -0.4 is 10.6 Å². The molecule has 0 aliphatic carbocycles. The summed E-state index contributed by atoms with van der Waals surface area (Å²) in [5, 5.41) is 13.7. The predicted molar refractivity (Wildman–Crippen MR) is 127 cm³/mol. The van der Waals surface area contributed by atoms with E-state index in [1.807, 2.05) is 4.90 Å². The third-order valence-corrected chi connectivity index (χ3v) is 4.14. The summed E-state index contributed by atoms with van der Waals surface area (Å²) in [5.41, 5.74) is -1.51. The van der Waals surface area contributed by atoms with Crippen LogP contribution in [0.2, 0.25) is 0 Å². The minimum absolute atomic E-state index is 0.0232. The number of hydrogen-bond acceptors (Lipinski definition) is 9. The van der Waals surface area contributed by atoms with Gasteiger partial charge in [-0.05, 0) is 55.0 Å². The Balaban J connectivity index is 4.47. The molecule has 0 bridgehead atoms. The maximum Gasteiger partial charge on any atom is 0.408 e. The number of carboxylic acid groups (broad SMARTS) is 1. The minimum atomic E-state index is -1.06. The van der Waals surface area contributed by atoms with E-state index in [0.717, 1.165) is 0 Å². The first-order chi connectivity index (χ1) is 16.0. The summed E-state index contributed by atoms with van der Waals surface area (Å²) in [4.78, 5) is 60.5. The molecule has 0 heterocycles. The highest BCUT2D eigenvalue weighted by molar-refractivity contribution is 5.83. The highest BCUT2D eigenvalue weighted by Gasteiger charge is 2.29. The lowest BCUT2D eigenvalue weighted by atomic mass is 10.1. The Morgan fingerprint density at radius 1 is 0.886 bits per heavy atom. The molecule has 35 heavy (non-hydrogen) atoms. The fraction of sp³-hybridized carbons (Fsp3) is 0.783. The Morgan fingerprint density at radius 3 is 2.03 bits per heavy atom. The number of ether oxygens (including phenoxy) is 3. The number of aliphatic carboxylic acids is 1. The molecule has 12 heteroatoms. The first-order valence-electron chi connectivity index (χ1n) is 11.5. The zero-order valence-electron chi connectivity index (χ0n) is 21.9. The van der Waals surface area contributed by atoms with Crippen LogP contribution in [0.5, 0.6) is 0 Å². The molecule has 0 fully saturated rings. The number of nitrogens with zero attached hydrogens (tertiary/aromatic N) is 1. The van der Waals surface area contributed by atoms with Crippen LogP contribution in [0, 0.1) is 0 Å². The van der Waals surface area contributed by atoms with Crippen LogP contribution in [0.1, 0.15) is 67.2 Å². The lowest BCUT2D eigenvalue weighted by Gasteiger charge is -2.26. The lowest BCUT2D eigenvalue weighted by Crippen LogP contribution is -2.46. The quantitative estimate of drug-likeness (QED) is 0.234. The predicted octanol–water partition coefficient (Wildman–Crippen LogP) is 1.46. The maximum absolute atomic E-state index is 12.5. The van der Waals surface area contributed by atoms with Gasteiger partial charge in [-0.25, -0.2) is 9.59 Å². The number of likely N-dealkylation sites (N-methyl/N-ethyl adjacent to an activating group) is 1. The summed E-state index contributed by atoms with van der Waals surface area (Å²) in [6.45, 7) is 11.5. The number of amides is 2. The largest absolute Gasteiger partial charge is 0.481 e. The minimum Gasteiger partial charge on any atom is -0.481 e. The summed E-state index contributed by atoms with van der Waals surface area (Å²) < 4.78 is 15.5. The van der Waals surface area contributed by atoms with Crippen LogP contribution in [0.3, 0.4) is 0 Å². The molecule has 0 aromatic rings. The average Bonchev–Trinajstić information content (AvgIpc) is 2.66. The number of carboxylic acids is 1. The van der Waals surface area contributed by atoms with E-state index in [1.54, 1.807) is 48.6 Å². The number of carbonyl (C=O) groups excluding carboxylic acids is 4. The monoisotopic (exact) mass is 503 g/mol. The average molecular weight is 504 g/mol. The molecule has 0 unspecified atom stereocenters. The van der Waals surface area contributed by atoms with Crippen LogP contribution in [-0.2, 0) is 33.4 Å². The van der Waals surface area contributed by atoms with E-state index in [0.29, 0.717) is 19.6 Å². The van der Waals surface area contributed by atoms with Gasteiger partial charge < -0.3 is 34.9 Å². The molecule has 0 aromatic heterocycles. The van der Waals surface area contributed by atoms with E-state index < -0.39 is 41.2 Å². The molecule has 0 aliphatic heterocycles. The Hall–Kier alpha value is -2.89. The summed E-state index contributed by atoms with van der Waals surface area (Å²) in [6.07, 6.45) is -1.23. The van der Waals surface area contributed by atoms with Crippen molar-refractivity contribution in [2.24, 2.45) is 0 Å². The standard InChI is InChI=1S/C23H41N3O9/c1-22(2,3)34-20(31)16(25-21(32)35-23(4,5)6)8-9-17(27)24-12-13-26(7)14-15-33-19(30)11-10-18(28)29/h16H,8-15H2,1-7H3,(H,24,27)(H,25,32)(H,28,29)/t16-/m0/s1. The zero-order valence-corrected chi connectivity index (χ0v) is 21.9. The Labute approximate surface area is 207 Å². The van der Waals surface area contributed by atoms with Crippen molar-refractivity contribution in [1.29, 1.82) is 0 Å². The molecule has 0 saturated heterocycles. The number of carbonyl (C=O) groups is 5. The van der Waals surface area contributed by atoms with Crippen molar-refractivity contribution in [3.8, 4) is 0 Å². The molecule has 0 spiro atoms. The van der Waals surface area contributed by atoms with Crippen LogP contribution in [0.15, 0.2) is 0 Å². The van der Waals surface area contributed by atoms with E-state index in [9.17, 15) is 24.0 Å². The summed E-state index contributed by atoms with van der Waals surface area (Å²) in [6, 6.07) is -1.05. The van der Waals surface area contributed by atoms with E-state index in [2.05, 4.69) is 10.6 Å². The van der Waals surface area contributed by atoms with Crippen molar-refractivity contribution >= 4 is 29.9 Å². The first-order valence-corrected chi connectivity index (χ1v) is 11.5. The number of rotatable bonds is 14. The van der Waals surface area contributed by atoms with Gasteiger partial charge in [0.15, 0.2) is 0 Å². The highest BCUT2D eigenvalue weighted by atomic mass is 16.6. The molecule has 0 radical (unpaired) electrons. The molecule has 3 N–H and O–H groups in total. The SMILES string of the molecule is CN(CCNC(=O)CC[C@H](NC(=O)OC(C)(C)C)C(=O)OC(C)(C)C)CCOC(=O)CCC(=O)O. The van der Waals surface area contributed by atoms with Crippen LogP contribution >= 0.6 is 0 Å². The molecule has 0 aromatic carbocycles. The molecule has 0 saturated carbocycles. The van der Waals surface area contributed by atoms with Gasteiger partial charge in [0.2, 0.25) is 5.91 Å². The Morgan fingerprint density at radius 2 is 1.49 bits per heavy atom. The van der Waals surface area contributed by atoms with Gasteiger partial charge in [0.25, 0.3) is 0 Å². The van der Waals surface area contributed by atoms with Gasteiger partial charge in [-0.3, -0.25) is 14.4 Å². The van der Waals surface area contributed by atoms with Crippen molar-refractivity contribution in [2.75, 3.05) is 33.3 Å². The van der Waals surface area contributed by atoms with E-state index >= 15 is 0 Å². The molecule has 0 aliphatic rings. The maximum atomic E-state index is 12.5. The molecule has 1 atom stereocenters. The lowest BCUT2D eigenvalue weighted by molar-refractivity contribution is -0.157. The topological polar surface area (TPSA) is 161 Å². The normalized spacial score (nSPS) is 12.5. The van der Waals surface area contributed by atoms with Gasteiger partial charge in [0.05, 0.1) is 12.8 Å². The Bertz CT molecular complexity index is 727. The molecule has 12 nitrogen and oxygen atoms in total. The third kappa shape index (κ3) is 19.1. The second kappa shape index (κ2) is 15.2. The van der Waals surface area contributed by atoms with Crippen molar-refractivity contribution < 1.29 is 43.3 Å². The summed E-state index contributed by atoms with van der Waals surface area (Å²) in [5.74, 6) is -2.60. The van der Waals surface area contributed by atoms with E-state index in [4.69, 9.17) is 19.3 Å². The Kier molecular flexibility index (Phi) is 13.9. The molecular weight excluding hydrogens is 462 g/mol. The van der Waals surface area contributed by atoms with Crippen LogP contribution in [0.4, 0.5) is 4.79 Å². The molecule has 0 rings (SSSR count). The summed E-state index contributed by atoms with van der Waals surface area (Å²) >= 11 is 0. The van der Waals surface area contributed by atoms with Crippen LogP contribution in [-0.4, -0.2) is 90.4 Å². The molecular formula is C23H41N3O9. The van der Waals surface area contributed by atoms with Crippen molar-refractivity contribution in [1.82, 2.24) is 15.5 Å². The van der Waals surface area contributed by atoms with Gasteiger partial charge in [0, 0.05) is 26.1 Å². The van der Waals surface area contributed by atoms with Crippen molar-refractivity contribution in [2.45, 2.75) is 84.5 Å². The van der Waals surface area contributed by atoms with Gasteiger partial charge in [-0.1, -0.05) is 0 Å². The van der Waals surface area contributed by atoms with Crippen molar-refractivity contribution in [3.63, 3.8) is 0 Å². The third-order valence-electron chi connectivity index (χ3n) is 4.14. The summed E-state index contributed by atoms with van der Waals surface area (Å²) in [7, 11) is 1.78. The molecule has 2 amide bonds. The van der Waals surface area contributed by atoms with Crippen LogP contribution in [0.25, 0.3) is 0 Å². The van der Waals surface area contributed by atoms with E-state index in [1.165, 1.54) is 0 Å². The van der Waals surface area contributed by atoms with Gasteiger partial charge >= 0.3 is 24.0 Å². The van der Waals surface area contributed by atoms with Gasteiger partial charge in [0.1, 0.15) is 23.9 Å². The van der Waals surface area contributed by atoms with Gasteiger partial charge in [-0.2, -0.15) is 0 Å². The zero-order chi connectivity index (χ0) is 27.2. The number of alkyl carbamates (subject to hydrolysis) is 1. The fourth-order valence-corrected chi connectivity index (χ4v) is 2.53. The smallest absolute Gasteiger partial charge is 0.408 e. The highest BCUT2D eigenvalue weighted by Crippen LogP contribution is 2.12. The van der Waals surface area contributed by atoms with Gasteiger partial charge in [-0.15, -0.1) is 0 Å². The van der Waals surface area contributed by atoms with E-state index in [-0.39, 0.29) is 38.2 Å². The number of esters is 2. The number of hydrogen-bond donors (Lipinski definition) is 3. The molecule has 202 valence electrons. The first kappa shape index (κ1) is 32.1.